The number of anilines is 1. The number of aryl methyl sites for hydroxylation is 1. The maximum atomic E-state index is 12.1. The summed E-state index contributed by atoms with van der Waals surface area (Å²) in [5.41, 5.74) is 7.55. The number of piperazine rings is 1. The number of hydrogen-bond donors (Lipinski definition) is 3. The number of carbonyl (C=O) groups is 1. The van der Waals surface area contributed by atoms with Gasteiger partial charge in [0.25, 0.3) is 5.91 Å². The number of nitrogen functional groups attached to an aromatic ring is 1. The van der Waals surface area contributed by atoms with Crippen LogP contribution in [0.2, 0.25) is 0 Å². The minimum atomic E-state index is -0.0741. The lowest BCUT2D eigenvalue weighted by Crippen LogP contribution is -2.46. The Kier molecular flexibility index (Phi) is 3.09. The first-order valence-electron chi connectivity index (χ1n) is 5.56. The van der Waals surface area contributed by atoms with Crippen molar-refractivity contribution in [1.29, 1.82) is 0 Å². The van der Waals surface area contributed by atoms with Crippen molar-refractivity contribution in [2.75, 3.05) is 31.9 Å². The minimum Gasteiger partial charge on any atom is -0.395 e. The standard InChI is InChI=1S/C10H17N5O/c1-2-7-8(11)9(14-13-7)10(16)15-5-3-12-4-6-15/h12H,2-6,11H2,1H3,(H,13,14). The van der Waals surface area contributed by atoms with E-state index < -0.39 is 0 Å². The van der Waals surface area contributed by atoms with Crippen molar-refractivity contribution in [2.24, 2.45) is 0 Å². The average Bonchev–Trinajstić information content (AvgIpc) is 2.70. The molecule has 1 aromatic rings. The second kappa shape index (κ2) is 4.52. The highest BCUT2D eigenvalue weighted by molar-refractivity contribution is 5.97. The van der Waals surface area contributed by atoms with E-state index in [1.54, 1.807) is 4.90 Å². The fourth-order valence-corrected chi connectivity index (χ4v) is 1.84. The van der Waals surface area contributed by atoms with Crippen molar-refractivity contribution in [3.63, 3.8) is 0 Å². The Balaban J connectivity index is 2.16. The molecular formula is C10H17N5O. The van der Waals surface area contributed by atoms with Crippen LogP contribution < -0.4 is 11.1 Å². The topological polar surface area (TPSA) is 87.0 Å². The molecule has 0 spiro atoms. The van der Waals surface area contributed by atoms with E-state index in [9.17, 15) is 4.79 Å². The monoisotopic (exact) mass is 223 g/mol. The first-order chi connectivity index (χ1) is 7.74. The summed E-state index contributed by atoms with van der Waals surface area (Å²) >= 11 is 0. The number of nitrogens with two attached hydrogens (primary N) is 1. The van der Waals surface area contributed by atoms with Gasteiger partial charge < -0.3 is 16.0 Å². The van der Waals surface area contributed by atoms with E-state index in [0.29, 0.717) is 24.5 Å². The van der Waals surface area contributed by atoms with E-state index in [-0.39, 0.29) is 5.91 Å². The third-order valence-corrected chi connectivity index (χ3v) is 2.84. The average molecular weight is 223 g/mol. The van der Waals surface area contributed by atoms with Gasteiger partial charge in [-0.1, -0.05) is 6.92 Å². The van der Waals surface area contributed by atoms with Crippen molar-refractivity contribution in [3.8, 4) is 0 Å². The highest BCUT2D eigenvalue weighted by atomic mass is 16.2. The zero-order chi connectivity index (χ0) is 11.5. The molecule has 16 heavy (non-hydrogen) atoms. The van der Waals surface area contributed by atoms with Crippen LogP contribution in [-0.4, -0.2) is 47.2 Å². The molecule has 88 valence electrons. The largest absolute Gasteiger partial charge is 0.395 e. The summed E-state index contributed by atoms with van der Waals surface area (Å²) in [6.07, 6.45) is 0.758. The number of nitrogens with zero attached hydrogens (tertiary/aromatic N) is 2. The molecule has 4 N–H and O–H groups in total. The van der Waals surface area contributed by atoms with E-state index >= 15 is 0 Å². The number of hydrogen-bond acceptors (Lipinski definition) is 4. The molecule has 0 saturated carbocycles. The molecule has 1 aromatic heterocycles. The van der Waals surface area contributed by atoms with E-state index in [1.807, 2.05) is 6.92 Å². The molecule has 1 aliphatic heterocycles. The Hall–Kier alpha value is -1.56. The van der Waals surface area contributed by atoms with Crippen LogP contribution in [-0.2, 0) is 6.42 Å². The Morgan fingerprint density at radius 2 is 2.19 bits per heavy atom. The number of H-pyrrole nitrogens is 1. The second-order valence-electron chi connectivity index (χ2n) is 3.86. The van der Waals surface area contributed by atoms with Gasteiger partial charge in [0.2, 0.25) is 0 Å². The zero-order valence-corrected chi connectivity index (χ0v) is 9.42. The van der Waals surface area contributed by atoms with Crippen LogP contribution >= 0.6 is 0 Å². The number of aromatic nitrogens is 2. The van der Waals surface area contributed by atoms with Gasteiger partial charge in [0.1, 0.15) is 0 Å². The van der Waals surface area contributed by atoms with Gasteiger partial charge in [0.15, 0.2) is 5.69 Å². The van der Waals surface area contributed by atoms with Crippen molar-refractivity contribution in [2.45, 2.75) is 13.3 Å². The van der Waals surface area contributed by atoms with E-state index in [0.717, 1.165) is 25.2 Å². The number of rotatable bonds is 2. The van der Waals surface area contributed by atoms with Crippen LogP contribution in [0.15, 0.2) is 0 Å². The van der Waals surface area contributed by atoms with Gasteiger partial charge in [-0.25, -0.2) is 0 Å². The lowest BCUT2D eigenvalue weighted by atomic mass is 10.2. The molecule has 0 unspecified atom stereocenters. The van der Waals surface area contributed by atoms with Crippen molar-refractivity contribution in [3.05, 3.63) is 11.4 Å². The normalized spacial score (nSPS) is 16.4. The maximum Gasteiger partial charge on any atom is 0.276 e. The highest BCUT2D eigenvalue weighted by Crippen LogP contribution is 2.16. The van der Waals surface area contributed by atoms with Gasteiger partial charge in [-0.05, 0) is 6.42 Å². The van der Waals surface area contributed by atoms with Crippen LogP contribution in [0.5, 0.6) is 0 Å². The first-order valence-corrected chi connectivity index (χ1v) is 5.56. The van der Waals surface area contributed by atoms with E-state index in [1.165, 1.54) is 0 Å². The minimum absolute atomic E-state index is 0.0741. The Bertz CT molecular complexity index is 381. The van der Waals surface area contributed by atoms with Gasteiger partial charge in [-0.15, -0.1) is 0 Å². The van der Waals surface area contributed by atoms with Crippen LogP contribution in [0.3, 0.4) is 0 Å². The lowest BCUT2D eigenvalue weighted by molar-refractivity contribution is 0.0731. The molecule has 0 radical (unpaired) electrons. The Morgan fingerprint density at radius 1 is 1.50 bits per heavy atom. The van der Waals surface area contributed by atoms with Crippen molar-refractivity contribution >= 4 is 11.6 Å². The molecule has 0 aliphatic carbocycles. The number of carbonyl (C=O) groups excluding carboxylic acids is 1. The first kappa shape index (κ1) is 10.9. The number of nitrogens with one attached hydrogen (secondary N) is 2. The predicted molar refractivity (Wildman–Crippen MR) is 61.2 cm³/mol. The molecule has 1 aliphatic rings. The summed E-state index contributed by atoms with van der Waals surface area (Å²) in [6, 6.07) is 0. The predicted octanol–water partition coefficient (Wildman–Crippen LogP) is -0.400. The summed E-state index contributed by atoms with van der Waals surface area (Å²) in [4.78, 5) is 13.9. The fourth-order valence-electron chi connectivity index (χ4n) is 1.84. The van der Waals surface area contributed by atoms with Crippen LogP contribution in [0, 0.1) is 0 Å². The fraction of sp³-hybridized carbons (Fsp3) is 0.600. The molecule has 1 amide bonds. The molecule has 0 bridgehead atoms. The Labute approximate surface area is 94.2 Å². The summed E-state index contributed by atoms with van der Waals surface area (Å²) in [6.45, 7) is 5.07. The maximum absolute atomic E-state index is 12.1. The van der Waals surface area contributed by atoms with E-state index in [4.69, 9.17) is 5.73 Å². The van der Waals surface area contributed by atoms with Crippen LogP contribution in [0.1, 0.15) is 23.1 Å². The smallest absolute Gasteiger partial charge is 0.276 e. The second-order valence-corrected chi connectivity index (χ2v) is 3.86. The molecule has 6 heteroatoms. The van der Waals surface area contributed by atoms with Crippen LogP contribution in [0.25, 0.3) is 0 Å². The van der Waals surface area contributed by atoms with E-state index in [2.05, 4.69) is 15.5 Å². The van der Waals surface area contributed by atoms with Gasteiger partial charge in [0, 0.05) is 26.2 Å². The van der Waals surface area contributed by atoms with Crippen molar-refractivity contribution < 1.29 is 4.79 Å². The molecule has 6 nitrogen and oxygen atoms in total. The highest BCUT2D eigenvalue weighted by Gasteiger charge is 2.23. The molecule has 1 saturated heterocycles. The van der Waals surface area contributed by atoms with Gasteiger partial charge in [-0.3, -0.25) is 9.89 Å². The molecule has 0 atom stereocenters. The molecular weight excluding hydrogens is 206 g/mol. The summed E-state index contributed by atoms with van der Waals surface area (Å²) in [5, 5.41) is 10.0. The Morgan fingerprint density at radius 3 is 2.75 bits per heavy atom. The van der Waals surface area contributed by atoms with Crippen LogP contribution in [0.4, 0.5) is 5.69 Å². The van der Waals surface area contributed by atoms with Gasteiger partial charge >= 0.3 is 0 Å². The van der Waals surface area contributed by atoms with Gasteiger partial charge in [0.05, 0.1) is 11.4 Å². The lowest BCUT2D eigenvalue weighted by Gasteiger charge is -2.26. The number of amides is 1. The zero-order valence-electron chi connectivity index (χ0n) is 9.42. The third-order valence-electron chi connectivity index (χ3n) is 2.84. The molecule has 2 heterocycles. The van der Waals surface area contributed by atoms with Crippen molar-refractivity contribution in [1.82, 2.24) is 20.4 Å². The molecule has 1 fully saturated rings. The summed E-state index contributed by atoms with van der Waals surface area (Å²) in [5.74, 6) is -0.0741. The quantitative estimate of drug-likeness (QED) is 0.636. The summed E-state index contributed by atoms with van der Waals surface area (Å²) < 4.78 is 0. The van der Waals surface area contributed by atoms with Gasteiger partial charge in [-0.2, -0.15) is 5.10 Å². The summed E-state index contributed by atoms with van der Waals surface area (Å²) in [7, 11) is 0. The third kappa shape index (κ3) is 1.88. The molecule has 0 aromatic carbocycles. The number of aromatic amines is 1. The molecule has 2 rings (SSSR count). The SMILES string of the molecule is CCc1[nH]nc(C(=O)N2CCNCC2)c1N.